The number of aryl methyl sites for hydroxylation is 1. The highest BCUT2D eigenvalue weighted by atomic mass is 35.5. The van der Waals surface area contributed by atoms with E-state index in [0.29, 0.717) is 27.5 Å². The van der Waals surface area contributed by atoms with E-state index in [9.17, 15) is 4.79 Å². The van der Waals surface area contributed by atoms with Crippen molar-refractivity contribution >= 4 is 40.0 Å². The standard InChI is InChI=1S/C22H17ClN4O/c1-13-4-2-6-15(10-13)21(28)25-17-7-3-5-14(11-17)20-18-12-16(23)8-9-19(18)26-22(24)27-20/h2-12H,1H3,(H,25,28)(H2,24,26,27). The predicted molar refractivity (Wildman–Crippen MR) is 114 cm³/mol. The zero-order valence-electron chi connectivity index (χ0n) is 15.1. The SMILES string of the molecule is Cc1cccc(C(=O)Nc2cccc(-c3nc(N)nc4ccc(Cl)cc34)c2)c1. The highest BCUT2D eigenvalue weighted by molar-refractivity contribution is 6.31. The third-order valence-electron chi connectivity index (χ3n) is 4.35. The normalized spacial score (nSPS) is 10.8. The average molecular weight is 389 g/mol. The summed E-state index contributed by atoms with van der Waals surface area (Å²) in [5, 5.41) is 4.31. The number of hydrogen-bond acceptors (Lipinski definition) is 4. The maximum absolute atomic E-state index is 12.6. The van der Waals surface area contributed by atoms with Gasteiger partial charge in [0.25, 0.3) is 5.91 Å². The number of fused-ring (bicyclic) bond motifs is 1. The van der Waals surface area contributed by atoms with E-state index >= 15 is 0 Å². The van der Waals surface area contributed by atoms with Crippen LogP contribution in [-0.2, 0) is 0 Å². The van der Waals surface area contributed by atoms with Crippen LogP contribution in [0.5, 0.6) is 0 Å². The summed E-state index contributed by atoms with van der Waals surface area (Å²) in [7, 11) is 0. The van der Waals surface area contributed by atoms with Crippen molar-refractivity contribution in [2.75, 3.05) is 11.1 Å². The van der Waals surface area contributed by atoms with Crippen LogP contribution in [0.4, 0.5) is 11.6 Å². The minimum absolute atomic E-state index is 0.170. The van der Waals surface area contributed by atoms with E-state index in [1.54, 1.807) is 12.1 Å². The topological polar surface area (TPSA) is 80.9 Å². The van der Waals surface area contributed by atoms with Crippen molar-refractivity contribution in [3.05, 3.63) is 82.9 Å². The van der Waals surface area contributed by atoms with Gasteiger partial charge in [0.05, 0.1) is 11.2 Å². The van der Waals surface area contributed by atoms with Crippen molar-refractivity contribution in [1.29, 1.82) is 0 Å². The first-order chi connectivity index (χ1) is 13.5. The van der Waals surface area contributed by atoms with Gasteiger partial charge in [0.15, 0.2) is 0 Å². The minimum atomic E-state index is -0.170. The number of nitrogen functional groups attached to an aromatic ring is 1. The van der Waals surface area contributed by atoms with Gasteiger partial charge in [0.2, 0.25) is 5.95 Å². The molecule has 3 N–H and O–H groups in total. The molecule has 138 valence electrons. The molecule has 0 aliphatic rings. The van der Waals surface area contributed by atoms with E-state index in [2.05, 4.69) is 15.3 Å². The number of carbonyl (C=O) groups is 1. The molecule has 5 nitrogen and oxygen atoms in total. The van der Waals surface area contributed by atoms with E-state index in [1.165, 1.54) is 0 Å². The van der Waals surface area contributed by atoms with Crippen LogP contribution in [0.25, 0.3) is 22.2 Å². The van der Waals surface area contributed by atoms with Gasteiger partial charge < -0.3 is 11.1 Å². The number of halogens is 1. The van der Waals surface area contributed by atoms with E-state index in [1.807, 2.05) is 61.5 Å². The Bertz CT molecular complexity index is 1210. The summed E-state index contributed by atoms with van der Waals surface area (Å²) in [6, 6.07) is 20.3. The molecule has 0 radical (unpaired) electrons. The number of nitrogens with one attached hydrogen (secondary N) is 1. The quantitative estimate of drug-likeness (QED) is 0.512. The molecule has 0 bridgehead atoms. The minimum Gasteiger partial charge on any atom is -0.368 e. The smallest absolute Gasteiger partial charge is 0.255 e. The molecular weight excluding hydrogens is 372 g/mol. The lowest BCUT2D eigenvalue weighted by Gasteiger charge is -2.10. The largest absolute Gasteiger partial charge is 0.368 e. The summed E-state index contributed by atoms with van der Waals surface area (Å²) in [5.41, 5.74) is 10.4. The van der Waals surface area contributed by atoms with E-state index < -0.39 is 0 Å². The van der Waals surface area contributed by atoms with Crippen molar-refractivity contribution in [2.45, 2.75) is 6.92 Å². The van der Waals surface area contributed by atoms with E-state index in [4.69, 9.17) is 17.3 Å². The number of aromatic nitrogens is 2. The van der Waals surface area contributed by atoms with E-state index in [-0.39, 0.29) is 11.9 Å². The molecule has 6 heteroatoms. The molecular formula is C22H17ClN4O. The fraction of sp³-hybridized carbons (Fsp3) is 0.0455. The van der Waals surface area contributed by atoms with Gasteiger partial charge in [0, 0.05) is 27.2 Å². The Kier molecular flexibility index (Phi) is 4.67. The Balaban J connectivity index is 1.72. The molecule has 1 aromatic heterocycles. The van der Waals surface area contributed by atoms with Crippen molar-refractivity contribution in [3.63, 3.8) is 0 Å². The van der Waals surface area contributed by atoms with Crippen LogP contribution in [0.3, 0.4) is 0 Å². The van der Waals surface area contributed by atoms with Crippen molar-refractivity contribution in [2.24, 2.45) is 0 Å². The predicted octanol–water partition coefficient (Wildman–Crippen LogP) is 5.09. The molecule has 0 saturated heterocycles. The molecule has 4 rings (SSSR count). The summed E-state index contributed by atoms with van der Waals surface area (Å²) in [6.45, 7) is 1.95. The van der Waals surface area contributed by atoms with Gasteiger partial charge >= 0.3 is 0 Å². The van der Waals surface area contributed by atoms with Crippen LogP contribution in [0.2, 0.25) is 5.02 Å². The van der Waals surface area contributed by atoms with E-state index in [0.717, 1.165) is 16.5 Å². The lowest BCUT2D eigenvalue weighted by molar-refractivity contribution is 0.102. The fourth-order valence-electron chi connectivity index (χ4n) is 3.07. The van der Waals surface area contributed by atoms with Gasteiger partial charge in [0.1, 0.15) is 0 Å². The van der Waals surface area contributed by atoms with Gasteiger partial charge in [-0.3, -0.25) is 4.79 Å². The van der Waals surface area contributed by atoms with Crippen LogP contribution < -0.4 is 11.1 Å². The molecule has 0 unspecified atom stereocenters. The van der Waals surface area contributed by atoms with Gasteiger partial charge in [-0.1, -0.05) is 41.4 Å². The maximum Gasteiger partial charge on any atom is 0.255 e. The fourth-order valence-corrected chi connectivity index (χ4v) is 3.24. The Morgan fingerprint density at radius 3 is 2.64 bits per heavy atom. The third kappa shape index (κ3) is 3.66. The number of nitrogens with zero attached hydrogens (tertiary/aromatic N) is 2. The van der Waals surface area contributed by atoms with Crippen LogP contribution in [0.15, 0.2) is 66.7 Å². The first kappa shape index (κ1) is 17.9. The van der Waals surface area contributed by atoms with Gasteiger partial charge in [-0.2, -0.15) is 0 Å². The molecule has 0 spiro atoms. The number of amides is 1. The zero-order chi connectivity index (χ0) is 19.7. The molecule has 4 aromatic rings. The molecule has 28 heavy (non-hydrogen) atoms. The van der Waals surface area contributed by atoms with Crippen molar-refractivity contribution < 1.29 is 4.79 Å². The zero-order valence-corrected chi connectivity index (χ0v) is 15.9. The number of carbonyl (C=O) groups excluding carboxylic acids is 1. The van der Waals surface area contributed by atoms with Crippen LogP contribution in [-0.4, -0.2) is 15.9 Å². The molecule has 0 aliphatic carbocycles. The van der Waals surface area contributed by atoms with Gasteiger partial charge in [-0.15, -0.1) is 0 Å². The first-order valence-electron chi connectivity index (χ1n) is 8.71. The molecule has 1 heterocycles. The number of rotatable bonds is 3. The monoisotopic (exact) mass is 388 g/mol. The van der Waals surface area contributed by atoms with Crippen LogP contribution in [0.1, 0.15) is 15.9 Å². The lowest BCUT2D eigenvalue weighted by Crippen LogP contribution is -2.12. The van der Waals surface area contributed by atoms with Crippen molar-refractivity contribution in [3.8, 4) is 11.3 Å². The number of anilines is 2. The molecule has 0 fully saturated rings. The Morgan fingerprint density at radius 1 is 1.00 bits per heavy atom. The first-order valence-corrected chi connectivity index (χ1v) is 9.08. The third-order valence-corrected chi connectivity index (χ3v) is 4.58. The average Bonchev–Trinajstić information content (AvgIpc) is 2.68. The highest BCUT2D eigenvalue weighted by Crippen LogP contribution is 2.30. The van der Waals surface area contributed by atoms with Crippen LogP contribution in [0, 0.1) is 6.92 Å². The number of nitrogens with two attached hydrogens (primary N) is 1. The lowest BCUT2D eigenvalue weighted by atomic mass is 10.1. The molecule has 1 amide bonds. The highest BCUT2D eigenvalue weighted by Gasteiger charge is 2.11. The second kappa shape index (κ2) is 7.29. The summed E-state index contributed by atoms with van der Waals surface area (Å²) in [4.78, 5) is 21.2. The van der Waals surface area contributed by atoms with Gasteiger partial charge in [-0.25, -0.2) is 9.97 Å². The van der Waals surface area contributed by atoms with Gasteiger partial charge in [-0.05, 0) is 49.4 Å². The summed E-state index contributed by atoms with van der Waals surface area (Å²) >= 11 is 6.15. The summed E-state index contributed by atoms with van der Waals surface area (Å²) in [5.74, 6) is 0.00924. The summed E-state index contributed by atoms with van der Waals surface area (Å²) < 4.78 is 0. The number of hydrogen-bond donors (Lipinski definition) is 2. The van der Waals surface area contributed by atoms with Crippen molar-refractivity contribution in [1.82, 2.24) is 9.97 Å². The molecule has 0 saturated carbocycles. The second-order valence-electron chi connectivity index (χ2n) is 6.50. The Labute approximate surface area is 167 Å². The molecule has 0 atom stereocenters. The Hall–Kier alpha value is -3.44. The maximum atomic E-state index is 12.6. The second-order valence-corrected chi connectivity index (χ2v) is 6.93. The molecule has 0 aliphatic heterocycles. The molecule has 3 aromatic carbocycles. The Morgan fingerprint density at radius 2 is 1.82 bits per heavy atom. The summed E-state index contributed by atoms with van der Waals surface area (Å²) in [6.07, 6.45) is 0. The van der Waals surface area contributed by atoms with Crippen LogP contribution >= 0.6 is 11.6 Å². The number of benzene rings is 3.